The molecule has 0 aliphatic heterocycles. The van der Waals surface area contributed by atoms with Crippen molar-refractivity contribution in [3.63, 3.8) is 0 Å². The van der Waals surface area contributed by atoms with Crippen molar-refractivity contribution < 1.29 is 0 Å². The summed E-state index contributed by atoms with van der Waals surface area (Å²) in [7, 11) is 0. The zero-order valence-corrected chi connectivity index (χ0v) is 28.2. The van der Waals surface area contributed by atoms with Gasteiger partial charge in [-0.05, 0) is 94.0 Å². The van der Waals surface area contributed by atoms with Crippen molar-refractivity contribution in [2.75, 3.05) is 0 Å². The van der Waals surface area contributed by atoms with Crippen molar-refractivity contribution in [1.29, 1.82) is 0 Å². The Morgan fingerprint density at radius 1 is 0.288 bits per heavy atom. The van der Waals surface area contributed by atoms with Crippen LogP contribution >= 0.6 is 0 Å². The van der Waals surface area contributed by atoms with E-state index in [2.05, 4.69) is 152 Å². The summed E-state index contributed by atoms with van der Waals surface area (Å²) in [6.07, 6.45) is 1.91. The van der Waals surface area contributed by atoms with Crippen LogP contribution < -0.4 is 0 Å². The predicted molar refractivity (Wildman–Crippen MR) is 220 cm³/mol. The van der Waals surface area contributed by atoms with Crippen molar-refractivity contribution in [1.82, 2.24) is 9.97 Å². The lowest BCUT2D eigenvalue weighted by Crippen LogP contribution is -1.96. The van der Waals surface area contributed by atoms with Gasteiger partial charge in [0.1, 0.15) is 0 Å². The van der Waals surface area contributed by atoms with Gasteiger partial charge in [0.05, 0.1) is 23.3 Å². The van der Waals surface area contributed by atoms with E-state index in [0.717, 1.165) is 39.3 Å². The molecule has 240 valence electrons. The molecule has 0 N–H and O–H groups in total. The Balaban J connectivity index is 1.17. The molecule has 0 bridgehead atoms. The first-order chi connectivity index (χ1) is 25.8. The van der Waals surface area contributed by atoms with Crippen molar-refractivity contribution in [3.8, 4) is 44.9 Å². The summed E-state index contributed by atoms with van der Waals surface area (Å²) in [6, 6.07) is 63.6. The van der Waals surface area contributed by atoms with Crippen LogP contribution in [0.2, 0.25) is 0 Å². The van der Waals surface area contributed by atoms with E-state index in [1.807, 2.05) is 30.5 Å². The highest BCUT2D eigenvalue weighted by atomic mass is 14.8. The van der Waals surface area contributed by atoms with E-state index < -0.39 is 0 Å². The SMILES string of the molecule is c1ccc(-c2ncc(-c3cccc(-c4cc5ccc6cccc7c8cccc9ccc%10cccc(c(c4)c5c67)c%10c98)c3)nc2-c2ccccc2)cc1. The fourth-order valence-electron chi connectivity index (χ4n) is 8.44. The van der Waals surface area contributed by atoms with Gasteiger partial charge in [-0.15, -0.1) is 0 Å². The number of nitrogens with zero attached hydrogens (tertiary/aromatic N) is 2. The van der Waals surface area contributed by atoms with Gasteiger partial charge in [-0.2, -0.15) is 0 Å². The first-order valence-electron chi connectivity index (χ1n) is 17.8. The average Bonchev–Trinajstić information content (AvgIpc) is 3.22. The second-order valence-electron chi connectivity index (χ2n) is 13.7. The minimum Gasteiger partial charge on any atom is -0.252 e. The molecule has 0 aliphatic carbocycles. The molecule has 0 radical (unpaired) electrons. The van der Waals surface area contributed by atoms with Gasteiger partial charge in [-0.25, -0.2) is 4.98 Å². The fraction of sp³-hybridized carbons (Fsp3) is 0. The molecule has 0 aliphatic rings. The first-order valence-corrected chi connectivity index (χ1v) is 17.8. The molecule has 52 heavy (non-hydrogen) atoms. The Hall–Kier alpha value is -6.90. The maximum Gasteiger partial charge on any atom is 0.0972 e. The lowest BCUT2D eigenvalue weighted by atomic mass is 9.86. The van der Waals surface area contributed by atoms with Gasteiger partial charge in [0.25, 0.3) is 0 Å². The van der Waals surface area contributed by atoms with Crippen molar-refractivity contribution >= 4 is 64.6 Å². The molecule has 11 rings (SSSR count). The fourth-order valence-corrected chi connectivity index (χ4v) is 8.44. The van der Waals surface area contributed by atoms with Crippen LogP contribution in [0, 0.1) is 0 Å². The van der Waals surface area contributed by atoms with Crippen LogP contribution in [0.5, 0.6) is 0 Å². The van der Waals surface area contributed by atoms with Crippen LogP contribution in [0.15, 0.2) is 182 Å². The lowest BCUT2D eigenvalue weighted by molar-refractivity contribution is 1.21. The summed E-state index contributed by atoms with van der Waals surface area (Å²) in [5, 5.41) is 15.4. The van der Waals surface area contributed by atoms with Gasteiger partial charge in [-0.1, -0.05) is 158 Å². The standard InChI is InChI=1S/C50H30N2/c1-3-11-34(12-4-1)49-50(35-13-5-2-6-14-35)52-44(30-51-49)37-19-7-18-36(27-37)39-28-38-26-25-33-16-9-21-41-40-20-8-15-31-23-24-32-17-10-22-42(47(32)45(31)40)43(29-39)48(38)46(33)41/h1-30H. The van der Waals surface area contributed by atoms with Crippen LogP contribution in [-0.2, 0) is 0 Å². The molecule has 0 fully saturated rings. The normalized spacial score (nSPS) is 11.8. The van der Waals surface area contributed by atoms with Gasteiger partial charge in [0, 0.05) is 16.7 Å². The molecule has 10 aromatic carbocycles. The highest BCUT2D eigenvalue weighted by Crippen LogP contribution is 2.44. The Kier molecular flexibility index (Phi) is 6.28. The molecule has 0 spiro atoms. The quantitative estimate of drug-likeness (QED) is 0.176. The molecule has 1 heterocycles. The smallest absolute Gasteiger partial charge is 0.0972 e. The number of hydrogen-bond donors (Lipinski definition) is 0. The molecule has 2 heteroatoms. The van der Waals surface area contributed by atoms with E-state index in [1.165, 1.54) is 70.2 Å². The van der Waals surface area contributed by atoms with E-state index in [0.29, 0.717) is 0 Å². The van der Waals surface area contributed by atoms with Gasteiger partial charge >= 0.3 is 0 Å². The zero-order chi connectivity index (χ0) is 34.2. The number of rotatable bonds is 4. The largest absolute Gasteiger partial charge is 0.252 e. The zero-order valence-electron chi connectivity index (χ0n) is 28.2. The van der Waals surface area contributed by atoms with E-state index in [1.54, 1.807) is 0 Å². The highest BCUT2D eigenvalue weighted by Gasteiger charge is 2.17. The molecular weight excluding hydrogens is 629 g/mol. The number of hydrogen-bond acceptors (Lipinski definition) is 2. The van der Waals surface area contributed by atoms with Gasteiger partial charge in [0.2, 0.25) is 0 Å². The third-order valence-electron chi connectivity index (χ3n) is 10.8. The van der Waals surface area contributed by atoms with E-state index >= 15 is 0 Å². The van der Waals surface area contributed by atoms with Crippen LogP contribution in [0.3, 0.4) is 0 Å². The number of benzene rings is 9. The van der Waals surface area contributed by atoms with Crippen LogP contribution in [0.25, 0.3) is 110 Å². The van der Waals surface area contributed by atoms with E-state index in [-0.39, 0.29) is 0 Å². The van der Waals surface area contributed by atoms with Crippen LogP contribution in [-0.4, -0.2) is 9.97 Å². The summed E-state index contributed by atoms with van der Waals surface area (Å²) < 4.78 is 0. The molecule has 0 amide bonds. The molecular formula is C50H30N2. The second kappa shape index (κ2) is 11.3. The molecule has 0 unspecified atom stereocenters. The summed E-state index contributed by atoms with van der Waals surface area (Å²) >= 11 is 0. The Morgan fingerprint density at radius 3 is 1.38 bits per heavy atom. The third-order valence-corrected chi connectivity index (χ3v) is 10.8. The molecule has 11 aromatic rings. The van der Waals surface area contributed by atoms with Gasteiger partial charge in [-0.3, -0.25) is 4.98 Å². The van der Waals surface area contributed by atoms with Crippen molar-refractivity contribution in [2.24, 2.45) is 0 Å². The van der Waals surface area contributed by atoms with Crippen molar-refractivity contribution in [2.45, 2.75) is 0 Å². The van der Waals surface area contributed by atoms with Crippen molar-refractivity contribution in [3.05, 3.63) is 182 Å². The third kappa shape index (κ3) is 4.38. The van der Waals surface area contributed by atoms with E-state index in [4.69, 9.17) is 9.97 Å². The molecule has 0 saturated heterocycles. The molecule has 2 nitrogen and oxygen atoms in total. The van der Waals surface area contributed by atoms with Gasteiger partial charge < -0.3 is 0 Å². The Labute approximate surface area is 300 Å². The molecule has 1 aromatic heterocycles. The van der Waals surface area contributed by atoms with Crippen LogP contribution in [0.4, 0.5) is 0 Å². The lowest BCUT2D eigenvalue weighted by Gasteiger charge is -2.17. The van der Waals surface area contributed by atoms with Gasteiger partial charge in [0.15, 0.2) is 0 Å². The second-order valence-corrected chi connectivity index (χ2v) is 13.7. The average molecular weight is 659 g/mol. The maximum atomic E-state index is 5.28. The monoisotopic (exact) mass is 658 g/mol. The predicted octanol–water partition coefficient (Wildman–Crippen LogP) is 13.5. The summed E-state index contributed by atoms with van der Waals surface area (Å²) in [6.45, 7) is 0. The number of aromatic nitrogens is 2. The highest BCUT2D eigenvalue weighted by molar-refractivity contribution is 6.37. The summed E-state index contributed by atoms with van der Waals surface area (Å²) in [5.74, 6) is 0. The molecule has 0 saturated carbocycles. The first kappa shape index (κ1) is 28.9. The summed E-state index contributed by atoms with van der Waals surface area (Å²) in [5.41, 5.74) is 8.06. The number of fused-ring (bicyclic) bond motifs is 2. The minimum atomic E-state index is 0.847. The topological polar surface area (TPSA) is 25.8 Å². The van der Waals surface area contributed by atoms with E-state index in [9.17, 15) is 0 Å². The maximum absolute atomic E-state index is 5.28. The minimum absolute atomic E-state index is 0.847. The molecule has 0 atom stereocenters. The Bertz CT molecular complexity index is 3160. The Morgan fingerprint density at radius 2 is 0.769 bits per heavy atom. The van der Waals surface area contributed by atoms with Crippen LogP contribution in [0.1, 0.15) is 0 Å². The summed E-state index contributed by atoms with van der Waals surface area (Å²) in [4.78, 5) is 10.3.